The summed E-state index contributed by atoms with van der Waals surface area (Å²) in [6.07, 6.45) is 2.10. The monoisotopic (exact) mass is 250 g/mol. The van der Waals surface area contributed by atoms with Crippen LogP contribution in [0, 0.1) is 17.2 Å². The van der Waals surface area contributed by atoms with Crippen LogP contribution in [-0.2, 0) is 4.79 Å². The van der Waals surface area contributed by atoms with Gasteiger partial charge in [0.05, 0.1) is 12.6 Å². The molecule has 1 saturated carbocycles. The first-order chi connectivity index (χ1) is 8.53. The minimum Gasteiger partial charge on any atom is -0.337 e. The number of nitriles is 1. The summed E-state index contributed by atoms with van der Waals surface area (Å²) in [7, 11) is 0. The molecule has 0 radical (unpaired) electrons. The van der Waals surface area contributed by atoms with Crippen molar-refractivity contribution < 1.29 is 4.79 Å². The van der Waals surface area contributed by atoms with Crippen molar-refractivity contribution in [3.8, 4) is 6.07 Å². The minimum absolute atomic E-state index is 0.0277. The SMILES string of the molecule is C[C@@H]1CN(CC(=O)NC(C)(C#N)C2CC2)CCN1. The topological polar surface area (TPSA) is 68.2 Å². The number of carbonyl (C=O) groups is 1. The molecule has 2 rings (SSSR count). The number of nitrogens with one attached hydrogen (secondary N) is 2. The molecule has 5 heteroatoms. The third kappa shape index (κ3) is 3.21. The molecule has 1 aliphatic carbocycles. The van der Waals surface area contributed by atoms with Crippen LogP contribution in [0.4, 0.5) is 0 Å². The van der Waals surface area contributed by atoms with Gasteiger partial charge in [-0.1, -0.05) is 0 Å². The van der Waals surface area contributed by atoms with Crippen molar-refractivity contribution in [1.29, 1.82) is 5.26 Å². The lowest BCUT2D eigenvalue weighted by atomic mass is 9.98. The Morgan fingerprint density at radius 2 is 2.33 bits per heavy atom. The number of rotatable bonds is 4. The summed E-state index contributed by atoms with van der Waals surface area (Å²) in [5.74, 6) is 0.313. The van der Waals surface area contributed by atoms with Gasteiger partial charge in [0.2, 0.25) is 5.91 Å². The van der Waals surface area contributed by atoms with Crippen LogP contribution in [0.3, 0.4) is 0 Å². The maximum Gasteiger partial charge on any atom is 0.235 e. The fraction of sp³-hybridized carbons (Fsp3) is 0.846. The van der Waals surface area contributed by atoms with E-state index in [1.165, 1.54) is 0 Å². The molecule has 0 aromatic heterocycles. The maximum atomic E-state index is 12.0. The fourth-order valence-electron chi connectivity index (χ4n) is 2.57. The normalized spacial score (nSPS) is 28.2. The summed E-state index contributed by atoms with van der Waals surface area (Å²) >= 11 is 0. The molecule has 1 saturated heterocycles. The molecule has 1 amide bonds. The lowest BCUT2D eigenvalue weighted by molar-refractivity contribution is -0.123. The molecule has 5 nitrogen and oxygen atoms in total. The van der Waals surface area contributed by atoms with Gasteiger partial charge >= 0.3 is 0 Å². The molecular formula is C13H22N4O. The van der Waals surface area contributed by atoms with E-state index in [1.54, 1.807) is 0 Å². The zero-order valence-electron chi connectivity index (χ0n) is 11.2. The van der Waals surface area contributed by atoms with Gasteiger partial charge in [0, 0.05) is 25.7 Å². The Morgan fingerprint density at radius 3 is 2.89 bits per heavy atom. The highest BCUT2D eigenvalue weighted by molar-refractivity contribution is 5.79. The van der Waals surface area contributed by atoms with Crippen LogP contribution in [0.15, 0.2) is 0 Å². The van der Waals surface area contributed by atoms with E-state index < -0.39 is 5.54 Å². The van der Waals surface area contributed by atoms with Crippen LogP contribution < -0.4 is 10.6 Å². The van der Waals surface area contributed by atoms with Crippen LogP contribution in [0.2, 0.25) is 0 Å². The van der Waals surface area contributed by atoms with E-state index in [0.29, 0.717) is 18.5 Å². The highest BCUT2D eigenvalue weighted by Crippen LogP contribution is 2.39. The van der Waals surface area contributed by atoms with E-state index in [0.717, 1.165) is 32.5 Å². The van der Waals surface area contributed by atoms with E-state index in [-0.39, 0.29) is 5.91 Å². The molecule has 1 heterocycles. The summed E-state index contributed by atoms with van der Waals surface area (Å²) in [5, 5.41) is 15.5. The summed E-state index contributed by atoms with van der Waals surface area (Å²) < 4.78 is 0. The zero-order valence-corrected chi connectivity index (χ0v) is 11.2. The Labute approximate surface area is 109 Å². The molecule has 1 unspecified atom stereocenters. The number of carbonyl (C=O) groups excluding carboxylic acids is 1. The molecule has 2 atom stereocenters. The summed E-state index contributed by atoms with van der Waals surface area (Å²) in [6, 6.07) is 2.68. The average Bonchev–Trinajstić information content (AvgIpc) is 3.12. The van der Waals surface area contributed by atoms with Crippen LogP contribution in [-0.4, -0.2) is 48.6 Å². The number of nitrogens with zero attached hydrogens (tertiary/aromatic N) is 2. The molecule has 2 N–H and O–H groups in total. The van der Waals surface area contributed by atoms with Crippen molar-refractivity contribution in [2.75, 3.05) is 26.2 Å². The fourth-order valence-corrected chi connectivity index (χ4v) is 2.57. The second-order valence-electron chi connectivity index (χ2n) is 5.73. The third-order valence-electron chi connectivity index (χ3n) is 3.85. The number of hydrogen-bond acceptors (Lipinski definition) is 4. The van der Waals surface area contributed by atoms with Crippen molar-refractivity contribution in [3.05, 3.63) is 0 Å². The number of amides is 1. The lowest BCUT2D eigenvalue weighted by Crippen LogP contribution is -2.54. The van der Waals surface area contributed by atoms with Gasteiger partial charge in [-0.25, -0.2) is 0 Å². The van der Waals surface area contributed by atoms with Crippen LogP contribution in [0.1, 0.15) is 26.7 Å². The van der Waals surface area contributed by atoms with Crippen molar-refractivity contribution >= 4 is 5.91 Å². The third-order valence-corrected chi connectivity index (χ3v) is 3.85. The number of piperazine rings is 1. The first-order valence-corrected chi connectivity index (χ1v) is 6.71. The average molecular weight is 250 g/mol. The van der Waals surface area contributed by atoms with Gasteiger partial charge in [-0.15, -0.1) is 0 Å². The Morgan fingerprint density at radius 1 is 1.61 bits per heavy atom. The second-order valence-corrected chi connectivity index (χ2v) is 5.73. The summed E-state index contributed by atoms with van der Waals surface area (Å²) in [6.45, 7) is 7.06. The predicted octanol–water partition coefficient (Wildman–Crippen LogP) is 0.0886. The molecule has 2 fully saturated rings. The maximum absolute atomic E-state index is 12.0. The van der Waals surface area contributed by atoms with E-state index in [4.69, 9.17) is 0 Å². The van der Waals surface area contributed by atoms with Gasteiger partial charge in [0.25, 0.3) is 0 Å². The molecule has 100 valence electrons. The highest BCUT2D eigenvalue weighted by Gasteiger charge is 2.43. The first kappa shape index (κ1) is 13.3. The van der Waals surface area contributed by atoms with Gasteiger partial charge in [-0.2, -0.15) is 5.26 Å². The molecule has 0 aromatic carbocycles. The molecular weight excluding hydrogens is 228 g/mol. The van der Waals surface area contributed by atoms with Gasteiger partial charge in [0.15, 0.2) is 0 Å². The minimum atomic E-state index is -0.670. The van der Waals surface area contributed by atoms with Crippen LogP contribution >= 0.6 is 0 Å². The van der Waals surface area contributed by atoms with E-state index in [2.05, 4.69) is 28.5 Å². The largest absolute Gasteiger partial charge is 0.337 e. The standard InChI is InChI=1S/C13H22N4O/c1-10-7-17(6-5-15-10)8-12(18)16-13(2,9-14)11-3-4-11/h10-11,15H,3-8H2,1-2H3,(H,16,18)/t10-,13?/m1/s1. The van der Waals surface area contributed by atoms with Gasteiger partial charge in [0.1, 0.15) is 5.54 Å². The van der Waals surface area contributed by atoms with Gasteiger partial charge in [-0.05, 0) is 32.6 Å². The Bertz CT molecular complexity index is 360. The smallest absolute Gasteiger partial charge is 0.235 e. The summed E-state index contributed by atoms with van der Waals surface area (Å²) in [5.41, 5.74) is -0.670. The quantitative estimate of drug-likeness (QED) is 0.742. The van der Waals surface area contributed by atoms with Gasteiger partial charge in [-0.3, -0.25) is 9.69 Å². The molecule has 1 aliphatic heterocycles. The number of hydrogen-bond donors (Lipinski definition) is 2. The van der Waals surface area contributed by atoms with Crippen molar-refractivity contribution in [1.82, 2.24) is 15.5 Å². The predicted molar refractivity (Wildman–Crippen MR) is 68.8 cm³/mol. The van der Waals surface area contributed by atoms with E-state index in [1.807, 2.05) is 6.92 Å². The van der Waals surface area contributed by atoms with E-state index >= 15 is 0 Å². The Kier molecular flexibility index (Phi) is 3.88. The van der Waals surface area contributed by atoms with E-state index in [9.17, 15) is 10.1 Å². The van der Waals surface area contributed by atoms with Crippen molar-refractivity contribution in [2.24, 2.45) is 5.92 Å². The lowest BCUT2D eigenvalue weighted by Gasteiger charge is -2.32. The molecule has 2 aliphatic rings. The molecule has 0 bridgehead atoms. The molecule has 18 heavy (non-hydrogen) atoms. The zero-order chi connectivity index (χ0) is 13.2. The van der Waals surface area contributed by atoms with Crippen molar-refractivity contribution in [3.63, 3.8) is 0 Å². The second kappa shape index (κ2) is 5.25. The van der Waals surface area contributed by atoms with Crippen molar-refractivity contribution in [2.45, 2.75) is 38.3 Å². The van der Waals surface area contributed by atoms with Crippen LogP contribution in [0.5, 0.6) is 0 Å². The summed E-state index contributed by atoms with van der Waals surface area (Å²) in [4.78, 5) is 14.1. The first-order valence-electron chi connectivity index (χ1n) is 6.71. The Hall–Kier alpha value is -1.12. The highest BCUT2D eigenvalue weighted by atomic mass is 16.2. The van der Waals surface area contributed by atoms with Gasteiger partial charge < -0.3 is 10.6 Å². The molecule has 0 aromatic rings. The Balaban J connectivity index is 1.83. The van der Waals surface area contributed by atoms with Crippen LogP contribution in [0.25, 0.3) is 0 Å². The molecule has 0 spiro atoms.